The summed E-state index contributed by atoms with van der Waals surface area (Å²) >= 11 is 3.24. The van der Waals surface area contributed by atoms with Gasteiger partial charge in [0.2, 0.25) is 5.91 Å². The number of halogens is 1. The van der Waals surface area contributed by atoms with Crippen molar-refractivity contribution in [2.75, 3.05) is 12.8 Å². The van der Waals surface area contributed by atoms with E-state index in [0.717, 1.165) is 11.3 Å². The van der Waals surface area contributed by atoms with E-state index < -0.39 is 0 Å². The van der Waals surface area contributed by atoms with Crippen LogP contribution in [0.25, 0.3) is 0 Å². The first-order valence-corrected chi connectivity index (χ1v) is 6.66. The van der Waals surface area contributed by atoms with Gasteiger partial charge in [0.15, 0.2) is 4.67 Å². The molecule has 0 unspecified atom stereocenters. The predicted octanol–water partition coefficient (Wildman–Crippen LogP) is 2.83. The Balaban J connectivity index is 1.94. The lowest BCUT2D eigenvalue weighted by Crippen LogP contribution is -2.27. The zero-order valence-corrected chi connectivity index (χ0v) is 12.2. The van der Waals surface area contributed by atoms with Gasteiger partial charge in [0.1, 0.15) is 5.76 Å². The number of furan rings is 1. The monoisotopic (exact) mass is 322 g/mol. The van der Waals surface area contributed by atoms with Crippen LogP contribution in [0.5, 0.6) is 0 Å². The van der Waals surface area contributed by atoms with Crippen LogP contribution < -0.4 is 5.73 Å². The Morgan fingerprint density at radius 1 is 1.26 bits per heavy atom. The van der Waals surface area contributed by atoms with E-state index in [0.29, 0.717) is 23.3 Å². The fourth-order valence-corrected chi connectivity index (χ4v) is 2.04. The number of benzene rings is 1. The number of nitrogens with zero attached hydrogens (tertiary/aromatic N) is 1. The number of carbonyl (C=O) groups excluding carboxylic acids is 1. The van der Waals surface area contributed by atoms with Crippen LogP contribution in [-0.2, 0) is 17.8 Å². The van der Waals surface area contributed by atoms with Crippen molar-refractivity contribution in [2.24, 2.45) is 0 Å². The van der Waals surface area contributed by atoms with Crippen LogP contribution in [0.4, 0.5) is 5.69 Å². The van der Waals surface area contributed by atoms with Crippen molar-refractivity contribution in [3.05, 3.63) is 52.4 Å². The van der Waals surface area contributed by atoms with E-state index >= 15 is 0 Å². The lowest BCUT2D eigenvalue weighted by atomic mass is 10.1. The van der Waals surface area contributed by atoms with Crippen molar-refractivity contribution in [3.63, 3.8) is 0 Å². The summed E-state index contributed by atoms with van der Waals surface area (Å²) < 4.78 is 6.04. The van der Waals surface area contributed by atoms with E-state index in [1.165, 1.54) is 0 Å². The molecule has 0 fully saturated rings. The zero-order chi connectivity index (χ0) is 13.8. The van der Waals surface area contributed by atoms with E-state index in [9.17, 15) is 4.79 Å². The predicted molar refractivity (Wildman–Crippen MR) is 77.4 cm³/mol. The summed E-state index contributed by atoms with van der Waals surface area (Å²) in [6.45, 7) is 0.458. The molecule has 0 radical (unpaired) electrons. The summed E-state index contributed by atoms with van der Waals surface area (Å²) in [5, 5.41) is 0. The summed E-state index contributed by atoms with van der Waals surface area (Å²) in [5.41, 5.74) is 7.26. The quantitative estimate of drug-likeness (QED) is 0.880. The minimum absolute atomic E-state index is 0.0392. The normalized spacial score (nSPS) is 10.4. The highest BCUT2D eigenvalue weighted by Crippen LogP contribution is 2.15. The van der Waals surface area contributed by atoms with Crippen molar-refractivity contribution < 1.29 is 9.21 Å². The minimum Gasteiger partial charge on any atom is -0.452 e. The minimum atomic E-state index is 0.0392. The average molecular weight is 323 g/mol. The van der Waals surface area contributed by atoms with Crippen molar-refractivity contribution in [1.29, 1.82) is 0 Å². The Hall–Kier alpha value is -1.75. The standard InChI is InChI=1S/C14H15BrN2O2/c1-17(9-12-6-7-13(15)19-12)14(18)8-10-2-4-11(16)5-3-10/h2-7H,8-9,16H2,1H3. The molecule has 2 aromatic rings. The van der Waals surface area contributed by atoms with Gasteiger partial charge in [0.25, 0.3) is 0 Å². The summed E-state index contributed by atoms with van der Waals surface area (Å²) in [6, 6.07) is 11.0. The van der Waals surface area contributed by atoms with E-state index in [1.54, 1.807) is 24.1 Å². The summed E-state index contributed by atoms with van der Waals surface area (Å²) in [4.78, 5) is 13.7. The summed E-state index contributed by atoms with van der Waals surface area (Å²) in [6.07, 6.45) is 0.360. The average Bonchev–Trinajstić information content (AvgIpc) is 2.77. The first-order chi connectivity index (χ1) is 9.04. The fraction of sp³-hybridized carbons (Fsp3) is 0.214. The van der Waals surface area contributed by atoms with Crippen LogP contribution in [-0.4, -0.2) is 17.9 Å². The first-order valence-electron chi connectivity index (χ1n) is 5.87. The fourth-order valence-electron chi connectivity index (χ4n) is 1.70. The second kappa shape index (κ2) is 5.93. The maximum atomic E-state index is 12.0. The smallest absolute Gasteiger partial charge is 0.227 e. The van der Waals surface area contributed by atoms with Gasteiger partial charge in [-0.2, -0.15) is 0 Å². The molecule has 5 heteroatoms. The number of hydrogen-bond donors (Lipinski definition) is 1. The van der Waals surface area contributed by atoms with Gasteiger partial charge in [-0.15, -0.1) is 0 Å². The second-order valence-electron chi connectivity index (χ2n) is 4.37. The Labute approximate surface area is 120 Å². The maximum Gasteiger partial charge on any atom is 0.227 e. The zero-order valence-electron chi connectivity index (χ0n) is 10.6. The van der Waals surface area contributed by atoms with Crippen LogP contribution >= 0.6 is 15.9 Å². The van der Waals surface area contributed by atoms with Gasteiger partial charge in [0.05, 0.1) is 13.0 Å². The highest BCUT2D eigenvalue weighted by Gasteiger charge is 2.12. The molecule has 0 atom stereocenters. The second-order valence-corrected chi connectivity index (χ2v) is 5.16. The number of anilines is 1. The Morgan fingerprint density at radius 3 is 2.53 bits per heavy atom. The SMILES string of the molecule is CN(Cc1ccc(Br)o1)C(=O)Cc1ccc(N)cc1. The molecule has 0 aliphatic heterocycles. The van der Waals surface area contributed by atoms with Crippen molar-refractivity contribution >= 4 is 27.5 Å². The van der Waals surface area contributed by atoms with Crippen LogP contribution in [0.1, 0.15) is 11.3 Å². The number of carbonyl (C=O) groups is 1. The molecule has 0 saturated carbocycles. The van der Waals surface area contributed by atoms with Crippen LogP contribution in [0.3, 0.4) is 0 Å². The maximum absolute atomic E-state index is 12.0. The molecule has 1 heterocycles. The molecule has 1 aromatic heterocycles. The molecule has 1 aromatic carbocycles. The van der Waals surface area contributed by atoms with E-state index in [4.69, 9.17) is 10.2 Å². The molecule has 0 aliphatic carbocycles. The molecular weight excluding hydrogens is 308 g/mol. The Kier molecular flexibility index (Phi) is 4.27. The van der Waals surface area contributed by atoms with Crippen molar-refractivity contribution in [1.82, 2.24) is 4.90 Å². The third kappa shape index (κ3) is 3.86. The molecular formula is C14H15BrN2O2. The topological polar surface area (TPSA) is 59.5 Å². The molecule has 0 spiro atoms. The van der Waals surface area contributed by atoms with Gasteiger partial charge >= 0.3 is 0 Å². The Morgan fingerprint density at radius 2 is 1.95 bits per heavy atom. The molecule has 0 bridgehead atoms. The highest BCUT2D eigenvalue weighted by atomic mass is 79.9. The van der Waals surface area contributed by atoms with Gasteiger partial charge in [-0.05, 0) is 45.8 Å². The highest BCUT2D eigenvalue weighted by molar-refractivity contribution is 9.10. The van der Waals surface area contributed by atoms with Gasteiger partial charge in [-0.25, -0.2) is 0 Å². The third-order valence-corrected chi connectivity index (χ3v) is 3.21. The molecule has 2 rings (SSSR count). The number of rotatable bonds is 4. The van der Waals surface area contributed by atoms with Crippen LogP contribution in [0.2, 0.25) is 0 Å². The van der Waals surface area contributed by atoms with Crippen LogP contribution in [0.15, 0.2) is 45.5 Å². The molecule has 2 N–H and O–H groups in total. The van der Waals surface area contributed by atoms with Gasteiger partial charge in [0, 0.05) is 12.7 Å². The molecule has 0 aliphatic rings. The lowest BCUT2D eigenvalue weighted by molar-refractivity contribution is -0.129. The molecule has 1 amide bonds. The largest absolute Gasteiger partial charge is 0.452 e. The summed E-state index contributed by atoms with van der Waals surface area (Å²) in [7, 11) is 1.76. The van der Waals surface area contributed by atoms with Crippen molar-refractivity contribution in [3.8, 4) is 0 Å². The number of hydrogen-bond acceptors (Lipinski definition) is 3. The Bertz CT molecular complexity index is 563. The van der Waals surface area contributed by atoms with Gasteiger partial charge < -0.3 is 15.1 Å². The first kappa shape index (κ1) is 13.7. The number of amides is 1. The molecule has 0 saturated heterocycles. The van der Waals surface area contributed by atoms with Crippen LogP contribution in [0, 0.1) is 0 Å². The molecule has 4 nitrogen and oxygen atoms in total. The number of likely N-dealkylation sites (N-methyl/N-ethyl adjacent to an activating group) is 1. The van der Waals surface area contributed by atoms with Gasteiger partial charge in [-0.1, -0.05) is 12.1 Å². The van der Waals surface area contributed by atoms with E-state index in [-0.39, 0.29) is 5.91 Å². The molecule has 100 valence electrons. The van der Waals surface area contributed by atoms with Crippen molar-refractivity contribution in [2.45, 2.75) is 13.0 Å². The van der Waals surface area contributed by atoms with Gasteiger partial charge in [-0.3, -0.25) is 4.79 Å². The lowest BCUT2D eigenvalue weighted by Gasteiger charge is -2.15. The third-order valence-electron chi connectivity index (χ3n) is 2.78. The number of nitrogen functional groups attached to an aromatic ring is 1. The van der Waals surface area contributed by atoms with E-state index in [1.807, 2.05) is 24.3 Å². The molecule has 19 heavy (non-hydrogen) atoms. The number of nitrogens with two attached hydrogens (primary N) is 1. The van der Waals surface area contributed by atoms with E-state index in [2.05, 4.69) is 15.9 Å². The summed E-state index contributed by atoms with van der Waals surface area (Å²) in [5.74, 6) is 0.789.